The van der Waals surface area contributed by atoms with Crippen molar-refractivity contribution in [2.75, 3.05) is 20.1 Å². The topological polar surface area (TPSA) is 62.9 Å². The average molecular weight is 384 g/mol. The largest absolute Gasteiger partial charge is 0.507 e. The average Bonchev–Trinajstić information content (AvgIpc) is 2.98. The van der Waals surface area contributed by atoms with E-state index < -0.39 is 0 Å². The molecule has 0 radical (unpaired) electrons. The third-order valence-electron chi connectivity index (χ3n) is 5.53. The molecule has 2 atom stereocenters. The molecule has 0 amide bonds. The Morgan fingerprint density at radius 2 is 2.07 bits per heavy atom. The van der Waals surface area contributed by atoms with Gasteiger partial charge >= 0.3 is 0 Å². The number of hydrogen-bond donors (Lipinski definition) is 1. The summed E-state index contributed by atoms with van der Waals surface area (Å²) in [5.74, 6) is 1.02. The summed E-state index contributed by atoms with van der Waals surface area (Å²) >= 11 is 6.30. The predicted molar refractivity (Wildman–Crippen MR) is 104 cm³/mol. The fourth-order valence-electron chi connectivity index (χ4n) is 4.24. The van der Waals surface area contributed by atoms with Gasteiger partial charge in [0.2, 0.25) is 0 Å². The summed E-state index contributed by atoms with van der Waals surface area (Å²) < 4.78 is 12.3. The van der Waals surface area contributed by atoms with Crippen LogP contribution in [0.4, 0.5) is 0 Å². The van der Waals surface area contributed by atoms with Crippen molar-refractivity contribution in [1.82, 2.24) is 4.90 Å². The summed E-state index contributed by atoms with van der Waals surface area (Å²) in [5.41, 5.74) is 1.65. The lowest BCUT2D eigenvalue weighted by Gasteiger charge is -2.31. The Bertz CT molecular complexity index is 1120. The number of aromatic hydroxyl groups is 1. The second kappa shape index (κ2) is 6.01. The molecule has 3 aromatic rings. The van der Waals surface area contributed by atoms with Crippen molar-refractivity contribution < 1.29 is 14.3 Å². The van der Waals surface area contributed by atoms with Crippen LogP contribution < -0.4 is 10.2 Å². The Kier molecular flexibility index (Phi) is 3.71. The first-order valence-corrected chi connectivity index (χ1v) is 9.34. The molecule has 0 bridgehead atoms. The number of phenolic OH excluding ortho intramolecular Hbond substituents is 1. The van der Waals surface area contributed by atoms with E-state index in [1.165, 1.54) is 6.07 Å². The summed E-state index contributed by atoms with van der Waals surface area (Å²) in [7, 11) is 2.06. The molecule has 1 N–H and O–H groups in total. The first kappa shape index (κ1) is 16.7. The number of rotatable bonds is 1. The molecule has 5 rings (SSSR count). The van der Waals surface area contributed by atoms with Gasteiger partial charge in [0.15, 0.2) is 5.43 Å². The summed E-state index contributed by atoms with van der Waals surface area (Å²) in [4.78, 5) is 15.0. The highest BCUT2D eigenvalue weighted by Crippen LogP contribution is 2.48. The number of likely N-dealkylation sites (tertiary alicyclic amines) is 1. The number of likely N-dealkylation sites (N-methyl/N-ethyl adjacent to an activating group) is 1. The van der Waals surface area contributed by atoms with Gasteiger partial charge in [-0.25, -0.2) is 0 Å². The quantitative estimate of drug-likeness (QED) is 0.688. The number of fused-ring (bicyclic) bond motifs is 5. The number of phenols is 1. The molecule has 5 nitrogen and oxygen atoms in total. The predicted octanol–water partition coefficient (Wildman–Crippen LogP) is 4.00. The maximum atomic E-state index is 12.8. The third-order valence-corrected chi connectivity index (χ3v) is 5.86. The van der Waals surface area contributed by atoms with Crippen molar-refractivity contribution in [2.45, 2.75) is 18.4 Å². The first-order valence-electron chi connectivity index (χ1n) is 8.97. The minimum absolute atomic E-state index is 0.00183. The standard InChI is InChI=1S/C21H18ClNO4/c1-23-7-6-12-18(10-23)26-17-9-15(25)20-14(24)8-16(27-21(20)19(12)17)11-4-2-3-5-13(11)22/h2-5,8-9,12,18,25H,6-7,10H2,1H3. The lowest BCUT2D eigenvalue weighted by molar-refractivity contribution is 0.108. The van der Waals surface area contributed by atoms with Gasteiger partial charge < -0.3 is 19.2 Å². The van der Waals surface area contributed by atoms with Gasteiger partial charge in [0, 0.05) is 35.7 Å². The maximum absolute atomic E-state index is 12.8. The van der Waals surface area contributed by atoms with Crippen molar-refractivity contribution >= 4 is 22.6 Å². The highest BCUT2D eigenvalue weighted by molar-refractivity contribution is 6.33. The second-order valence-electron chi connectivity index (χ2n) is 7.28. The molecule has 6 heteroatoms. The number of halogens is 1. The number of ether oxygens (including phenoxy) is 1. The van der Waals surface area contributed by atoms with Gasteiger partial charge in [-0.3, -0.25) is 4.79 Å². The molecular weight excluding hydrogens is 366 g/mol. The van der Waals surface area contributed by atoms with Crippen LogP contribution in [0, 0.1) is 0 Å². The lowest BCUT2D eigenvalue weighted by atomic mass is 9.88. The lowest BCUT2D eigenvalue weighted by Crippen LogP contribution is -2.40. The molecule has 2 aliphatic heterocycles. The van der Waals surface area contributed by atoms with E-state index in [1.54, 1.807) is 12.1 Å². The Morgan fingerprint density at radius 1 is 1.26 bits per heavy atom. The van der Waals surface area contributed by atoms with E-state index in [4.69, 9.17) is 20.8 Å². The molecule has 1 fully saturated rings. The van der Waals surface area contributed by atoms with Crippen LogP contribution in [-0.4, -0.2) is 36.2 Å². The van der Waals surface area contributed by atoms with Crippen LogP contribution in [0.15, 0.2) is 45.6 Å². The van der Waals surface area contributed by atoms with Gasteiger partial charge in [0.25, 0.3) is 0 Å². The molecule has 2 aliphatic rings. The zero-order valence-electron chi connectivity index (χ0n) is 14.7. The van der Waals surface area contributed by atoms with Crippen molar-refractivity contribution in [3.8, 4) is 22.8 Å². The molecular formula is C21H18ClNO4. The first-order chi connectivity index (χ1) is 13.0. The highest BCUT2D eigenvalue weighted by Gasteiger charge is 2.41. The summed E-state index contributed by atoms with van der Waals surface area (Å²) in [6, 6.07) is 10.2. The van der Waals surface area contributed by atoms with E-state index in [9.17, 15) is 9.90 Å². The number of hydrogen-bond acceptors (Lipinski definition) is 5. The van der Waals surface area contributed by atoms with Gasteiger partial charge in [-0.2, -0.15) is 0 Å². The SMILES string of the molecule is CN1CCC2c3c(cc(O)c4c(=O)cc(-c5ccccc5Cl)oc34)OC2C1. The van der Waals surface area contributed by atoms with E-state index in [-0.39, 0.29) is 28.6 Å². The summed E-state index contributed by atoms with van der Waals surface area (Å²) in [6.45, 7) is 1.75. The number of benzene rings is 2. The van der Waals surface area contributed by atoms with Crippen molar-refractivity contribution in [3.63, 3.8) is 0 Å². The van der Waals surface area contributed by atoms with Crippen LogP contribution in [0.2, 0.25) is 5.02 Å². The van der Waals surface area contributed by atoms with Crippen LogP contribution in [0.1, 0.15) is 17.9 Å². The normalized spacial score (nSPS) is 21.7. The summed E-state index contributed by atoms with van der Waals surface area (Å²) in [6.07, 6.45) is 0.909. The molecule has 3 heterocycles. The molecule has 138 valence electrons. The molecule has 2 unspecified atom stereocenters. The van der Waals surface area contributed by atoms with Crippen molar-refractivity contribution in [3.05, 3.63) is 57.2 Å². The van der Waals surface area contributed by atoms with Crippen LogP contribution in [0.5, 0.6) is 11.5 Å². The van der Waals surface area contributed by atoms with Crippen LogP contribution in [0.25, 0.3) is 22.3 Å². The smallest absolute Gasteiger partial charge is 0.197 e. The Morgan fingerprint density at radius 3 is 2.89 bits per heavy atom. The van der Waals surface area contributed by atoms with Crippen LogP contribution in [0.3, 0.4) is 0 Å². The van der Waals surface area contributed by atoms with Gasteiger partial charge in [-0.15, -0.1) is 0 Å². The highest BCUT2D eigenvalue weighted by atomic mass is 35.5. The van der Waals surface area contributed by atoms with Crippen LogP contribution in [-0.2, 0) is 0 Å². The van der Waals surface area contributed by atoms with Crippen molar-refractivity contribution in [2.24, 2.45) is 0 Å². The molecule has 1 saturated heterocycles. The van der Waals surface area contributed by atoms with Gasteiger partial charge in [0.05, 0.1) is 5.02 Å². The molecule has 2 aromatic carbocycles. The van der Waals surface area contributed by atoms with Crippen molar-refractivity contribution in [1.29, 1.82) is 0 Å². The minimum Gasteiger partial charge on any atom is -0.507 e. The Hall–Kier alpha value is -2.50. The van der Waals surface area contributed by atoms with Gasteiger partial charge in [-0.1, -0.05) is 23.7 Å². The second-order valence-corrected chi connectivity index (χ2v) is 7.69. The number of nitrogens with zero attached hydrogens (tertiary/aromatic N) is 1. The maximum Gasteiger partial charge on any atom is 0.197 e. The fraction of sp³-hybridized carbons (Fsp3) is 0.286. The van der Waals surface area contributed by atoms with E-state index in [2.05, 4.69) is 11.9 Å². The van der Waals surface area contributed by atoms with E-state index in [1.807, 2.05) is 18.2 Å². The molecule has 0 spiro atoms. The van der Waals surface area contributed by atoms with Gasteiger partial charge in [-0.05, 0) is 32.1 Å². The fourth-order valence-corrected chi connectivity index (χ4v) is 4.47. The molecule has 27 heavy (non-hydrogen) atoms. The monoisotopic (exact) mass is 383 g/mol. The molecule has 0 aliphatic carbocycles. The van der Waals surface area contributed by atoms with E-state index >= 15 is 0 Å². The molecule has 1 aromatic heterocycles. The minimum atomic E-state index is -0.289. The van der Waals surface area contributed by atoms with Crippen LogP contribution >= 0.6 is 11.6 Å². The summed E-state index contributed by atoms with van der Waals surface area (Å²) in [5, 5.41) is 11.1. The molecule has 0 saturated carbocycles. The zero-order valence-corrected chi connectivity index (χ0v) is 15.5. The Labute approximate surface area is 160 Å². The van der Waals surface area contributed by atoms with Gasteiger partial charge in [0.1, 0.15) is 34.3 Å². The third kappa shape index (κ3) is 2.53. The van der Waals surface area contributed by atoms with E-state index in [0.717, 1.165) is 25.1 Å². The zero-order chi connectivity index (χ0) is 18.7. The van der Waals surface area contributed by atoms with E-state index in [0.29, 0.717) is 27.7 Å². The number of piperidine rings is 1. The Balaban J connectivity index is 1.78.